The Kier molecular flexibility index (Phi) is 4.63. The highest BCUT2D eigenvalue weighted by Gasteiger charge is 2.16. The van der Waals surface area contributed by atoms with Gasteiger partial charge in [0, 0.05) is 19.5 Å². The van der Waals surface area contributed by atoms with Crippen LogP contribution in [0, 0.1) is 0 Å². The summed E-state index contributed by atoms with van der Waals surface area (Å²) in [6, 6.07) is 5.78. The van der Waals surface area contributed by atoms with Crippen LogP contribution in [0.2, 0.25) is 0 Å². The standard InChI is InChI=1S/C14H20N2O3/c1-2-16(14(17)4-3-7-15)9-11-5-6-12-13(8-11)19-10-18-12/h5-6,8H,2-4,7,9-10,15H2,1H3. The first-order chi connectivity index (χ1) is 9.24. The lowest BCUT2D eigenvalue weighted by Crippen LogP contribution is -2.30. The third-order valence-corrected chi connectivity index (χ3v) is 3.14. The minimum absolute atomic E-state index is 0.144. The number of ether oxygens (including phenoxy) is 2. The van der Waals surface area contributed by atoms with Crippen molar-refractivity contribution in [3.05, 3.63) is 23.8 Å². The van der Waals surface area contributed by atoms with Gasteiger partial charge < -0.3 is 20.1 Å². The molecule has 1 aliphatic rings. The Hall–Kier alpha value is -1.75. The van der Waals surface area contributed by atoms with Crippen molar-refractivity contribution in [1.82, 2.24) is 4.90 Å². The molecule has 1 aromatic carbocycles. The smallest absolute Gasteiger partial charge is 0.231 e. The van der Waals surface area contributed by atoms with Crippen LogP contribution in [0.25, 0.3) is 0 Å². The molecule has 1 aliphatic heterocycles. The van der Waals surface area contributed by atoms with E-state index in [-0.39, 0.29) is 12.7 Å². The number of nitrogens with two attached hydrogens (primary N) is 1. The van der Waals surface area contributed by atoms with Crippen LogP contribution in [0.3, 0.4) is 0 Å². The summed E-state index contributed by atoms with van der Waals surface area (Å²) >= 11 is 0. The molecule has 0 aliphatic carbocycles. The lowest BCUT2D eigenvalue weighted by Gasteiger charge is -2.21. The molecule has 5 heteroatoms. The largest absolute Gasteiger partial charge is 0.454 e. The SMILES string of the molecule is CCN(Cc1ccc2c(c1)OCO2)C(=O)CCCN. The molecule has 2 rings (SSSR count). The van der Waals surface area contributed by atoms with Gasteiger partial charge in [-0.05, 0) is 37.6 Å². The van der Waals surface area contributed by atoms with Gasteiger partial charge in [-0.1, -0.05) is 6.07 Å². The van der Waals surface area contributed by atoms with Crippen LogP contribution in [-0.4, -0.2) is 30.7 Å². The molecule has 0 saturated heterocycles. The van der Waals surface area contributed by atoms with Gasteiger partial charge in [0.05, 0.1) is 0 Å². The molecule has 19 heavy (non-hydrogen) atoms. The predicted octanol–water partition coefficient (Wildman–Crippen LogP) is 1.50. The van der Waals surface area contributed by atoms with Gasteiger partial charge in [0.2, 0.25) is 12.7 Å². The van der Waals surface area contributed by atoms with Crippen molar-refractivity contribution in [3.63, 3.8) is 0 Å². The summed E-state index contributed by atoms with van der Waals surface area (Å²) in [7, 11) is 0. The summed E-state index contributed by atoms with van der Waals surface area (Å²) < 4.78 is 10.6. The van der Waals surface area contributed by atoms with Crippen LogP contribution in [0.5, 0.6) is 11.5 Å². The van der Waals surface area contributed by atoms with Crippen LogP contribution in [0.1, 0.15) is 25.3 Å². The second kappa shape index (κ2) is 6.43. The van der Waals surface area contributed by atoms with E-state index in [1.165, 1.54) is 0 Å². The predicted molar refractivity (Wildman–Crippen MR) is 71.9 cm³/mol. The highest BCUT2D eigenvalue weighted by atomic mass is 16.7. The summed E-state index contributed by atoms with van der Waals surface area (Å²) in [6.45, 7) is 4.08. The number of benzene rings is 1. The fraction of sp³-hybridized carbons (Fsp3) is 0.500. The van der Waals surface area contributed by atoms with E-state index in [4.69, 9.17) is 15.2 Å². The number of fused-ring (bicyclic) bond motifs is 1. The maximum absolute atomic E-state index is 12.0. The number of carbonyl (C=O) groups excluding carboxylic acids is 1. The first-order valence-electron chi connectivity index (χ1n) is 6.61. The maximum Gasteiger partial charge on any atom is 0.231 e. The van der Waals surface area contributed by atoms with Crippen molar-refractivity contribution in [2.45, 2.75) is 26.3 Å². The first kappa shape index (κ1) is 13.7. The summed E-state index contributed by atoms with van der Waals surface area (Å²) in [6.07, 6.45) is 1.24. The molecule has 1 amide bonds. The van der Waals surface area contributed by atoms with Gasteiger partial charge in [0.25, 0.3) is 0 Å². The molecule has 0 radical (unpaired) electrons. The first-order valence-corrected chi connectivity index (χ1v) is 6.61. The highest BCUT2D eigenvalue weighted by Crippen LogP contribution is 2.32. The molecule has 0 unspecified atom stereocenters. The molecule has 1 aromatic rings. The number of carbonyl (C=O) groups is 1. The molecular weight excluding hydrogens is 244 g/mol. The number of hydrogen-bond donors (Lipinski definition) is 1. The Balaban J connectivity index is 2.00. The molecule has 0 bridgehead atoms. The molecular formula is C14H20N2O3. The van der Waals surface area contributed by atoms with E-state index >= 15 is 0 Å². The number of amides is 1. The van der Waals surface area contributed by atoms with E-state index in [1.54, 1.807) is 0 Å². The van der Waals surface area contributed by atoms with Crippen LogP contribution >= 0.6 is 0 Å². The van der Waals surface area contributed by atoms with Gasteiger partial charge in [-0.2, -0.15) is 0 Å². The monoisotopic (exact) mass is 264 g/mol. The van der Waals surface area contributed by atoms with Crippen LogP contribution in [0.15, 0.2) is 18.2 Å². The Bertz CT molecular complexity index is 448. The zero-order valence-electron chi connectivity index (χ0n) is 11.2. The molecule has 0 aromatic heterocycles. The second-order valence-electron chi connectivity index (χ2n) is 4.49. The molecule has 0 atom stereocenters. The molecule has 2 N–H and O–H groups in total. The number of nitrogens with zero attached hydrogens (tertiary/aromatic N) is 1. The Morgan fingerprint density at radius 2 is 2.16 bits per heavy atom. The molecule has 5 nitrogen and oxygen atoms in total. The molecule has 104 valence electrons. The van der Waals surface area contributed by atoms with Crippen LogP contribution < -0.4 is 15.2 Å². The third-order valence-electron chi connectivity index (χ3n) is 3.14. The molecule has 0 fully saturated rings. The molecule has 0 saturated carbocycles. The maximum atomic E-state index is 12.0. The Labute approximate surface area is 113 Å². The minimum Gasteiger partial charge on any atom is -0.454 e. The summed E-state index contributed by atoms with van der Waals surface area (Å²) in [4.78, 5) is 13.8. The van der Waals surface area contributed by atoms with E-state index in [2.05, 4.69) is 0 Å². The van der Waals surface area contributed by atoms with Crippen LogP contribution in [0.4, 0.5) is 0 Å². The van der Waals surface area contributed by atoms with Gasteiger partial charge in [0.1, 0.15) is 0 Å². The van der Waals surface area contributed by atoms with Crippen molar-refractivity contribution in [2.75, 3.05) is 19.9 Å². The lowest BCUT2D eigenvalue weighted by atomic mass is 10.1. The second-order valence-corrected chi connectivity index (χ2v) is 4.49. The van der Waals surface area contributed by atoms with Gasteiger partial charge >= 0.3 is 0 Å². The zero-order valence-corrected chi connectivity index (χ0v) is 11.2. The Morgan fingerprint density at radius 3 is 2.89 bits per heavy atom. The summed E-state index contributed by atoms with van der Waals surface area (Å²) in [5, 5.41) is 0. The Morgan fingerprint density at radius 1 is 1.37 bits per heavy atom. The van der Waals surface area contributed by atoms with E-state index in [0.717, 1.165) is 23.5 Å². The van der Waals surface area contributed by atoms with Gasteiger partial charge in [-0.15, -0.1) is 0 Å². The fourth-order valence-corrected chi connectivity index (χ4v) is 2.05. The zero-order chi connectivity index (χ0) is 13.7. The van der Waals surface area contributed by atoms with Crippen molar-refractivity contribution in [1.29, 1.82) is 0 Å². The number of rotatable bonds is 6. The van der Waals surface area contributed by atoms with Crippen molar-refractivity contribution < 1.29 is 14.3 Å². The quantitative estimate of drug-likeness (QED) is 0.845. The van der Waals surface area contributed by atoms with Crippen LogP contribution in [-0.2, 0) is 11.3 Å². The topological polar surface area (TPSA) is 64.8 Å². The van der Waals surface area contributed by atoms with Gasteiger partial charge in [0.15, 0.2) is 11.5 Å². The van der Waals surface area contributed by atoms with E-state index < -0.39 is 0 Å². The van der Waals surface area contributed by atoms with E-state index in [9.17, 15) is 4.79 Å². The average molecular weight is 264 g/mol. The lowest BCUT2D eigenvalue weighted by molar-refractivity contribution is -0.131. The van der Waals surface area contributed by atoms with Crippen molar-refractivity contribution >= 4 is 5.91 Å². The fourth-order valence-electron chi connectivity index (χ4n) is 2.05. The molecule has 0 spiro atoms. The summed E-state index contributed by atoms with van der Waals surface area (Å²) in [5.41, 5.74) is 6.48. The average Bonchev–Trinajstić information content (AvgIpc) is 2.89. The normalized spacial score (nSPS) is 12.5. The third kappa shape index (κ3) is 3.38. The molecule has 1 heterocycles. The number of hydrogen-bond acceptors (Lipinski definition) is 4. The van der Waals surface area contributed by atoms with E-state index in [0.29, 0.717) is 26.1 Å². The van der Waals surface area contributed by atoms with Crippen molar-refractivity contribution in [3.8, 4) is 11.5 Å². The van der Waals surface area contributed by atoms with E-state index in [1.807, 2.05) is 30.0 Å². The highest BCUT2D eigenvalue weighted by molar-refractivity contribution is 5.76. The van der Waals surface area contributed by atoms with Gasteiger partial charge in [-0.3, -0.25) is 4.79 Å². The minimum atomic E-state index is 0.144. The van der Waals surface area contributed by atoms with Crippen molar-refractivity contribution in [2.24, 2.45) is 5.73 Å². The van der Waals surface area contributed by atoms with Gasteiger partial charge in [-0.25, -0.2) is 0 Å². The summed E-state index contributed by atoms with van der Waals surface area (Å²) in [5.74, 6) is 1.66.